The molecule has 0 aromatic rings. The molecule has 0 N–H and O–H groups in total. The first-order chi connectivity index (χ1) is 8.31. The molecule has 0 unspecified atom stereocenters. The maximum absolute atomic E-state index is 10.9. The molecular weight excluding hydrogens is 228 g/mol. The molecule has 0 saturated heterocycles. The van der Waals surface area contributed by atoms with Crippen molar-refractivity contribution in [3.8, 4) is 0 Å². The van der Waals surface area contributed by atoms with Crippen LogP contribution >= 0.6 is 0 Å². The second kappa shape index (κ2) is 13.2. The van der Waals surface area contributed by atoms with Crippen LogP contribution in [-0.2, 0) is 24.0 Å². The Morgan fingerprint density at radius 2 is 1.35 bits per heavy atom. The summed E-state index contributed by atoms with van der Waals surface area (Å²) in [5, 5.41) is 0. The van der Waals surface area contributed by atoms with E-state index >= 15 is 0 Å². The monoisotopic (exact) mass is 250 g/mol. The van der Waals surface area contributed by atoms with Gasteiger partial charge >= 0.3 is 6.16 Å². The lowest BCUT2D eigenvalue weighted by atomic mass is 10.3. The van der Waals surface area contributed by atoms with E-state index in [2.05, 4.69) is 9.78 Å². The van der Waals surface area contributed by atoms with Gasteiger partial charge in [-0.1, -0.05) is 0 Å². The third-order valence-electron chi connectivity index (χ3n) is 1.92. The molecule has 0 saturated carbocycles. The van der Waals surface area contributed by atoms with Gasteiger partial charge < -0.3 is 14.2 Å². The number of methoxy groups -OCH3 is 2. The molecule has 0 aromatic carbocycles. The smallest absolute Gasteiger partial charge is 0.432 e. The summed E-state index contributed by atoms with van der Waals surface area (Å²) >= 11 is 0. The van der Waals surface area contributed by atoms with E-state index in [0.29, 0.717) is 26.4 Å². The Balaban J connectivity index is 3.12. The molecule has 0 aliphatic rings. The fraction of sp³-hybridized carbons (Fsp3) is 0.909. The normalized spacial score (nSPS) is 10.2. The Labute approximate surface area is 102 Å². The van der Waals surface area contributed by atoms with E-state index in [1.165, 1.54) is 0 Å². The lowest BCUT2D eigenvalue weighted by Gasteiger charge is -2.04. The van der Waals surface area contributed by atoms with E-state index in [1.54, 1.807) is 14.2 Å². The first-order valence-corrected chi connectivity index (χ1v) is 5.75. The molecule has 6 heteroatoms. The van der Waals surface area contributed by atoms with Gasteiger partial charge in [0.15, 0.2) is 0 Å². The molecule has 17 heavy (non-hydrogen) atoms. The van der Waals surface area contributed by atoms with Crippen LogP contribution in [0.15, 0.2) is 0 Å². The maximum Gasteiger partial charge on any atom is 0.540 e. The Bertz CT molecular complexity index is 173. The molecule has 0 rings (SSSR count). The van der Waals surface area contributed by atoms with Crippen LogP contribution in [0, 0.1) is 0 Å². The van der Waals surface area contributed by atoms with E-state index in [4.69, 9.17) is 14.2 Å². The molecule has 0 aliphatic carbocycles. The molecule has 0 atom stereocenters. The topological polar surface area (TPSA) is 63.2 Å². The van der Waals surface area contributed by atoms with Crippen molar-refractivity contribution in [2.24, 2.45) is 0 Å². The molecule has 0 aromatic heterocycles. The van der Waals surface area contributed by atoms with Crippen molar-refractivity contribution in [3.05, 3.63) is 0 Å². The average Bonchev–Trinajstić information content (AvgIpc) is 2.33. The summed E-state index contributed by atoms with van der Waals surface area (Å²) in [6.45, 7) is 2.00. The second-order valence-corrected chi connectivity index (χ2v) is 3.40. The van der Waals surface area contributed by atoms with Crippen LogP contribution in [0.3, 0.4) is 0 Å². The third kappa shape index (κ3) is 13.1. The zero-order valence-electron chi connectivity index (χ0n) is 10.6. The van der Waals surface area contributed by atoms with Gasteiger partial charge in [-0.15, -0.1) is 0 Å². The largest absolute Gasteiger partial charge is 0.540 e. The van der Waals surface area contributed by atoms with E-state index < -0.39 is 6.16 Å². The van der Waals surface area contributed by atoms with E-state index in [-0.39, 0.29) is 0 Å². The molecule has 0 amide bonds. The predicted octanol–water partition coefficient (Wildman–Crippen LogP) is 1.92. The Morgan fingerprint density at radius 3 is 1.94 bits per heavy atom. The van der Waals surface area contributed by atoms with E-state index in [0.717, 1.165) is 25.7 Å². The van der Waals surface area contributed by atoms with Crippen LogP contribution < -0.4 is 0 Å². The number of hydrogen-bond donors (Lipinski definition) is 0. The molecule has 0 aliphatic heterocycles. The SMILES string of the molecule is COCCCCOOC(=O)OCCCCOC. The first kappa shape index (κ1) is 16.1. The van der Waals surface area contributed by atoms with Crippen molar-refractivity contribution in [2.75, 3.05) is 40.6 Å². The van der Waals surface area contributed by atoms with Crippen molar-refractivity contribution in [2.45, 2.75) is 25.7 Å². The number of carbonyl (C=O) groups excluding carboxylic acids is 1. The lowest BCUT2D eigenvalue weighted by molar-refractivity contribution is -0.255. The van der Waals surface area contributed by atoms with E-state index in [9.17, 15) is 4.79 Å². The predicted molar refractivity (Wildman–Crippen MR) is 60.6 cm³/mol. The number of hydrogen-bond acceptors (Lipinski definition) is 6. The highest BCUT2D eigenvalue weighted by molar-refractivity contribution is 5.58. The molecule has 0 radical (unpaired) electrons. The summed E-state index contributed by atoms with van der Waals surface area (Å²) in [6.07, 6.45) is 2.44. The Kier molecular flexibility index (Phi) is 12.6. The highest BCUT2D eigenvalue weighted by Gasteiger charge is 2.04. The number of carbonyl (C=O) groups is 1. The van der Waals surface area contributed by atoms with Crippen molar-refractivity contribution in [1.82, 2.24) is 0 Å². The summed E-state index contributed by atoms with van der Waals surface area (Å²) in [6, 6.07) is 0. The maximum atomic E-state index is 10.9. The Hall–Kier alpha value is -0.850. The summed E-state index contributed by atoms with van der Waals surface area (Å²) < 4.78 is 14.5. The van der Waals surface area contributed by atoms with Crippen LogP contribution in [0.25, 0.3) is 0 Å². The molecule has 6 nitrogen and oxygen atoms in total. The number of rotatable bonds is 11. The fourth-order valence-corrected chi connectivity index (χ4v) is 1.03. The summed E-state index contributed by atoms with van der Waals surface area (Å²) in [5.41, 5.74) is 0. The minimum absolute atomic E-state index is 0.315. The van der Waals surface area contributed by atoms with Gasteiger partial charge in [0.25, 0.3) is 0 Å². The van der Waals surface area contributed by atoms with Crippen LogP contribution in [-0.4, -0.2) is 46.8 Å². The van der Waals surface area contributed by atoms with Crippen molar-refractivity contribution < 1.29 is 28.8 Å². The van der Waals surface area contributed by atoms with Crippen LogP contribution in [0.1, 0.15) is 25.7 Å². The molecule has 0 bridgehead atoms. The summed E-state index contributed by atoms with van der Waals surface area (Å²) in [4.78, 5) is 20.0. The Morgan fingerprint density at radius 1 is 0.824 bits per heavy atom. The minimum Gasteiger partial charge on any atom is -0.432 e. The molecule has 0 spiro atoms. The zero-order valence-corrected chi connectivity index (χ0v) is 10.6. The average molecular weight is 250 g/mol. The zero-order chi connectivity index (χ0) is 12.8. The van der Waals surface area contributed by atoms with Gasteiger partial charge in [0, 0.05) is 27.4 Å². The number of ether oxygens (including phenoxy) is 3. The van der Waals surface area contributed by atoms with Gasteiger partial charge in [0.1, 0.15) is 0 Å². The molecule has 0 fully saturated rings. The summed E-state index contributed by atoms with van der Waals surface area (Å²) in [7, 11) is 3.27. The molecule has 102 valence electrons. The molecule has 0 heterocycles. The quantitative estimate of drug-likeness (QED) is 0.241. The molecular formula is C11H22O6. The van der Waals surface area contributed by atoms with Gasteiger partial charge in [-0.25, -0.2) is 4.79 Å². The van der Waals surface area contributed by atoms with Gasteiger partial charge in [-0.3, -0.25) is 4.89 Å². The van der Waals surface area contributed by atoms with Crippen LogP contribution in [0.5, 0.6) is 0 Å². The second-order valence-electron chi connectivity index (χ2n) is 3.40. The van der Waals surface area contributed by atoms with Gasteiger partial charge in [-0.05, 0) is 25.7 Å². The highest BCUT2D eigenvalue weighted by Crippen LogP contribution is 1.95. The van der Waals surface area contributed by atoms with Crippen LogP contribution in [0.4, 0.5) is 4.79 Å². The standard InChI is InChI=1S/C11H22O6/c1-13-7-3-5-9-15-11(12)17-16-10-6-4-8-14-2/h3-10H2,1-2H3. The van der Waals surface area contributed by atoms with Gasteiger partial charge in [-0.2, -0.15) is 4.89 Å². The van der Waals surface area contributed by atoms with E-state index in [1.807, 2.05) is 0 Å². The fourth-order valence-electron chi connectivity index (χ4n) is 1.03. The van der Waals surface area contributed by atoms with Gasteiger partial charge in [0.2, 0.25) is 0 Å². The first-order valence-electron chi connectivity index (χ1n) is 5.75. The highest BCUT2D eigenvalue weighted by atomic mass is 17.2. The van der Waals surface area contributed by atoms with Crippen molar-refractivity contribution in [3.63, 3.8) is 0 Å². The van der Waals surface area contributed by atoms with Crippen molar-refractivity contribution >= 4 is 6.16 Å². The number of unbranched alkanes of at least 4 members (excludes halogenated alkanes) is 2. The third-order valence-corrected chi connectivity index (χ3v) is 1.92. The van der Waals surface area contributed by atoms with Crippen molar-refractivity contribution in [1.29, 1.82) is 0 Å². The van der Waals surface area contributed by atoms with Crippen LogP contribution in [0.2, 0.25) is 0 Å². The lowest BCUT2D eigenvalue weighted by Crippen LogP contribution is -2.10. The summed E-state index contributed by atoms with van der Waals surface area (Å²) in [5.74, 6) is 0. The van der Waals surface area contributed by atoms with Gasteiger partial charge in [0.05, 0.1) is 13.2 Å². The minimum atomic E-state index is -0.797.